The minimum absolute atomic E-state index is 0.161. The second-order valence-corrected chi connectivity index (χ2v) is 5.19. The van der Waals surface area contributed by atoms with Crippen molar-refractivity contribution >= 4 is 22.6 Å². The van der Waals surface area contributed by atoms with E-state index in [-0.39, 0.29) is 18.1 Å². The van der Waals surface area contributed by atoms with Crippen molar-refractivity contribution in [2.75, 3.05) is 5.32 Å². The van der Waals surface area contributed by atoms with Crippen LogP contribution in [-0.2, 0) is 11.2 Å². The molecule has 0 aliphatic heterocycles. The molecule has 0 radical (unpaired) electrons. The monoisotopic (exact) mass is 311 g/mol. The SMILES string of the molecule is O=C(CCc1cccc(F)c1)Nc1ccc2oc(=O)ccc2c1. The zero-order valence-corrected chi connectivity index (χ0v) is 12.2. The van der Waals surface area contributed by atoms with E-state index in [1.54, 1.807) is 36.4 Å². The third kappa shape index (κ3) is 3.83. The fourth-order valence-corrected chi connectivity index (χ4v) is 2.32. The summed E-state index contributed by atoms with van der Waals surface area (Å²) < 4.78 is 18.1. The fourth-order valence-electron chi connectivity index (χ4n) is 2.32. The second-order valence-electron chi connectivity index (χ2n) is 5.19. The Hall–Kier alpha value is -2.95. The molecule has 3 aromatic rings. The fraction of sp³-hybridized carbons (Fsp3) is 0.111. The summed E-state index contributed by atoms with van der Waals surface area (Å²) in [6.07, 6.45) is 0.720. The molecule has 0 saturated heterocycles. The topological polar surface area (TPSA) is 59.3 Å². The average molecular weight is 311 g/mol. The second kappa shape index (κ2) is 6.44. The van der Waals surface area contributed by atoms with Gasteiger partial charge in [-0.25, -0.2) is 9.18 Å². The summed E-state index contributed by atoms with van der Waals surface area (Å²) in [7, 11) is 0. The number of carbonyl (C=O) groups is 1. The number of halogens is 1. The van der Waals surface area contributed by atoms with E-state index < -0.39 is 5.63 Å². The van der Waals surface area contributed by atoms with Crippen LogP contribution in [0.25, 0.3) is 11.0 Å². The van der Waals surface area contributed by atoms with Crippen molar-refractivity contribution in [3.8, 4) is 0 Å². The van der Waals surface area contributed by atoms with E-state index in [2.05, 4.69) is 5.32 Å². The molecule has 0 bridgehead atoms. The molecule has 0 unspecified atom stereocenters. The van der Waals surface area contributed by atoms with Gasteiger partial charge in [0.1, 0.15) is 11.4 Å². The highest BCUT2D eigenvalue weighted by Crippen LogP contribution is 2.18. The summed E-state index contributed by atoms with van der Waals surface area (Å²) in [6.45, 7) is 0. The van der Waals surface area contributed by atoms with Crippen molar-refractivity contribution in [2.24, 2.45) is 0 Å². The molecule has 1 amide bonds. The number of hydrogen-bond donors (Lipinski definition) is 1. The van der Waals surface area contributed by atoms with E-state index in [4.69, 9.17) is 4.42 Å². The molecule has 1 heterocycles. The quantitative estimate of drug-likeness (QED) is 0.750. The lowest BCUT2D eigenvalue weighted by atomic mass is 10.1. The van der Waals surface area contributed by atoms with Gasteiger partial charge in [0, 0.05) is 23.6 Å². The van der Waals surface area contributed by atoms with Crippen molar-refractivity contribution in [3.63, 3.8) is 0 Å². The van der Waals surface area contributed by atoms with E-state index in [0.29, 0.717) is 17.7 Å². The smallest absolute Gasteiger partial charge is 0.336 e. The number of rotatable bonds is 4. The van der Waals surface area contributed by atoms with Gasteiger partial charge in [-0.05, 0) is 48.4 Å². The number of anilines is 1. The number of benzene rings is 2. The number of carbonyl (C=O) groups excluding carboxylic acids is 1. The van der Waals surface area contributed by atoms with Gasteiger partial charge < -0.3 is 9.73 Å². The Morgan fingerprint density at radius 3 is 2.78 bits per heavy atom. The van der Waals surface area contributed by atoms with Crippen LogP contribution in [0.2, 0.25) is 0 Å². The molecule has 2 aromatic carbocycles. The molecule has 1 N–H and O–H groups in total. The molecule has 0 fully saturated rings. The van der Waals surface area contributed by atoms with Crippen LogP contribution in [0, 0.1) is 5.82 Å². The third-order valence-electron chi connectivity index (χ3n) is 3.43. The highest BCUT2D eigenvalue weighted by molar-refractivity contribution is 5.93. The standard InChI is InChI=1S/C18H14FNO3/c19-14-3-1-2-12(10-14)4-8-17(21)20-15-6-7-16-13(11-15)5-9-18(22)23-16/h1-3,5-7,9-11H,4,8H2,(H,20,21). The summed E-state index contributed by atoms with van der Waals surface area (Å²) in [5.74, 6) is -0.468. The third-order valence-corrected chi connectivity index (χ3v) is 3.43. The van der Waals surface area contributed by atoms with Crippen LogP contribution in [0.5, 0.6) is 0 Å². The summed E-state index contributed by atoms with van der Waals surface area (Å²) in [5, 5.41) is 3.51. The molecule has 0 aliphatic carbocycles. The molecule has 0 saturated carbocycles. The van der Waals surface area contributed by atoms with Crippen molar-refractivity contribution in [3.05, 3.63) is 76.4 Å². The first-order valence-corrected chi connectivity index (χ1v) is 7.18. The summed E-state index contributed by atoms with van der Waals surface area (Å²) in [6, 6.07) is 14.2. The molecular weight excluding hydrogens is 297 g/mol. The van der Waals surface area contributed by atoms with Gasteiger partial charge in [-0.2, -0.15) is 0 Å². The van der Waals surface area contributed by atoms with Gasteiger partial charge in [0.25, 0.3) is 0 Å². The zero-order chi connectivity index (χ0) is 16.2. The minimum Gasteiger partial charge on any atom is -0.423 e. The molecule has 3 rings (SSSR count). The van der Waals surface area contributed by atoms with Crippen molar-refractivity contribution in [1.29, 1.82) is 0 Å². The van der Waals surface area contributed by atoms with E-state index in [9.17, 15) is 14.0 Å². The number of fused-ring (bicyclic) bond motifs is 1. The Morgan fingerprint density at radius 1 is 1.09 bits per heavy atom. The highest BCUT2D eigenvalue weighted by Gasteiger charge is 2.05. The van der Waals surface area contributed by atoms with Crippen molar-refractivity contribution < 1.29 is 13.6 Å². The highest BCUT2D eigenvalue weighted by atomic mass is 19.1. The Labute approximate surface area is 131 Å². The zero-order valence-electron chi connectivity index (χ0n) is 12.2. The molecule has 23 heavy (non-hydrogen) atoms. The van der Waals surface area contributed by atoms with Crippen LogP contribution in [0.1, 0.15) is 12.0 Å². The van der Waals surface area contributed by atoms with Gasteiger partial charge in [-0.3, -0.25) is 4.79 Å². The maximum atomic E-state index is 13.1. The number of amides is 1. The maximum absolute atomic E-state index is 13.1. The van der Waals surface area contributed by atoms with Gasteiger partial charge >= 0.3 is 5.63 Å². The summed E-state index contributed by atoms with van der Waals surface area (Å²) in [4.78, 5) is 23.1. The minimum atomic E-state index is -0.413. The maximum Gasteiger partial charge on any atom is 0.336 e. The molecular formula is C18H14FNO3. The molecule has 1 aromatic heterocycles. The Morgan fingerprint density at radius 2 is 1.96 bits per heavy atom. The van der Waals surface area contributed by atoms with E-state index in [1.165, 1.54) is 18.2 Å². The van der Waals surface area contributed by atoms with Crippen LogP contribution < -0.4 is 10.9 Å². The first-order valence-electron chi connectivity index (χ1n) is 7.18. The summed E-state index contributed by atoms with van der Waals surface area (Å²) in [5.41, 5.74) is 1.45. The van der Waals surface area contributed by atoms with Gasteiger partial charge in [-0.1, -0.05) is 12.1 Å². The number of nitrogens with one attached hydrogen (secondary N) is 1. The van der Waals surface area contributed by atoms with E-state index >= 15 is 0 Å². The van der Waals surface area contributed by atoms with Gasteiger partial charge in [-0.15, -0.1) is 0 Å². The Bertz CT molecular complexity index is 917. The van der Waals surface area contributed by atoms with Crippen LogP contribution in [-0.4, -0.2) is 5.91 Å². The molecule has 0 atom stereocenters. The predicted molar refractivity (Wildman–Crippen MR) is 85.8 cm³/mol. The average Bonchev–Trinajstić information content (AvgIpc) is 2.53. The predicted octanol–water partition coefficient (Wildman–Crippen LogP) is 3.50. The van der Waals surface area contributed by atoms with Crippen molar-refractivity contribution in [2.45, 2.75) is 12.8 Å². The van der Waals surface area contributed by atoms with Gasteiger partial charge in [0.15, 0.2) is 0 Å². The van der Waals surface area contributed by atoms with Gasteiger partial charge in [0.05, 0.1) is 0 Å². The van der Waals surface area contributed by atoms with Crippen LogP contribution in [0.4, 0.5) is 10.1 Å². The molecule has 0 spiro atoms. The first-order chi connectivity index (χ1) is 11.1. The molecule has 4 nitrogen and oxygen atoms in total. The van der Waals surface area contributed by atoms with E-state index in [1.807, 2.05) is 0 Å². The van der Waals surface area contributed by atoms with Crippen LogP contribution in [0.3, 0.4) is 0 Å². The molecule has 116 valence electrons. The molecule has 5 heteroatoms. The number of aryl methyl sites for hydroxylation is 1. The Kier molecular flexibility index (Phi) is 4.19. The summed E-state index contributed by atoms with van der Waals surface area (Å²) >= 11 is 0. The number of hydrogen-bond acceptors (Lipinski definition) is 3. The largest absolute Gasteiger partial charge is 0.423 e. The van der Waals surface area contributed by atoms with Crippen LogP contribution in [0.15, 0.2) is 63.8 Å². The first kappa shape index (κ1) is 15.0. The van der Waals surface area contributed by atoms with Gasteiger partial charge in [0.2, 0.25) is 5.91 Å². The van der Waals surface area contributed by atoms with E-state index in [0.717, 1.165) is 10.9 Å². The van der Waals surface area contributed by atoms with Crippen molar-refractivity contribution in [1.82, 2.24) is 0 Å². The lowest BCUT2D eigenvalue weighted by Gasteiger charge is -2.06. The van der Waals surface area contributed by atoms with Crippen LogP contribution >= 0.6 is 0 Å². The lowest BCUT2D eigenvalue weighted by Crippen LogP contribution is -2.12. The lowest BCUT2D eigenvalue weighted by molar-refractivity contribution is -0.116. The molecule has 0 aliphatic rings. The Balaban J connectivity index is 1.65. The normalized spacial score (nSPS) is 10.7.